The van der Waals surface area contributed by atoms with Crippen molar-refractivity contribution in [1.82, 2.24) is 5.32 Å². The van der Waals surface area contributed by atoms with Gasteiger partial charge in [0.2, 0.25) is 0 Å². The number of ether oxygens (including phenoxy) is 1. The highest BCUT2D eigenvalue weighted by molar-refractivity contribution is 9.10. The number of hydrogen-bond acceptors (Lipinski definition) is 2. The zero-order chi connectivity index (χ0) is 12.1. The smallest absolute Gasteiger partial charge is 0.119 e. The van der Waals surface area contributed by atoms with Crippen molar-refractivity contribution in [3.05, 3.63) is 28.2 Å². The normalized spacial score (nSPS) is 12.9. The van der Waals surface area contributed by atoms with Gasteiger partial charge in [0.05, 0.1) is 7.11 Å². The molecule has 1 rings (SSSR count). The van der Waals surface area contributed by atoms with Crippen molar-refractivity contribution in [2.45, 2.75) is 26.8 Å². The van der Waals surface area contributed by atoms with Gasteiger partial charge in [-0.2, -0.15) is 0 Å². The molecule has 0 aliphatic rings. The molecule has 0 heterocycles. The van der Waals surface area contributed by atoms with Crippen LogP contribution < -0.4 is 10.1 Å². The van der Waals surface area contributed by atoms with Gasteiger partial charge in [0.25, 0.3) is 0 Å². The van der Waals surface area contributed by atoms with E-state index in [-0.39, 0.29) is 0 Å². The molecule has 0 radical (unpaired) electrons. The molecule has 2 nitrogen and oxygen atoms in total. The van der Waals surface area contributed by atoms with E-state index in [9.17, 15) is 0 Å². The van der Waals surface area contributed by atoms with Crippen molar-refractivity contribution in [1.29, 1.82) is 0 Å². The Kier molecular flexibility index (Phi) is 5.29. The Morgan fingerprint density at radius 3 is 2.56 bits per heavy atom. The van der Waals surface area contributed by atoms with Gasteiger partial charge in [-0.15, -0.1) is 0 Å². The molecule has 0 bridgehead atoms. The van der Waals surface area contributed by atoms with Crippen LogP contribution in [0.25, 0.3) is 0 Å². The monoisotopic (exact) mass is 285 g/mol. The lowest BCUT2D eigenvalue weighted by Gasteiger charge is -2.23. The fraction of sp³-hybridized carbons (Fsp3) is 0.538. The lowest BCUT2D eigenvalue weighted by Crippen LogP contribution is -2.25. The Labute approximate surface area is 107 Å². The first kappa shape index (κ1) is 13.5. The zero-order valence-electron chi connectivity index (χ0n) is 10.4. The molecule has 0 fully saturated rings. The second-order valence-corrected chi connectivity index (χ2v) is 5.02. The number of halogens is 1. The Morgan fingerprint density at radius 1 is 1.38 bits per heavy atom. The number of hydrogen-bond donors (Lipinski definition) is 1. The third-order valence-corrected chi connectivity index (χ3v) is 3.35. The van der Waals surface area contributed by atoms with Gasteiger partial charge in [-0.3, -0.25) is 0 Å². The minimum absolute atomic E-state index is 0.356. The lowest BCUT2D eigenvalue weighted by atomic mass is 9.96. The van der Waals surface area contributed by atoms with Crippen LogP contribution in [0, 0.1) is 5.92 Å². The maximum atomic E-state index is 5.27. The van der Waals surface area contributed by atoms with Gasteiger partial charge in [0, 0.05) is 10.5 Å². The molecule has 1 unspecified atom stereocenters. The van der Waals surface area contributed by atoms with Crippen LogP contribution in [0.5, 0.6) is 5.75 Å². The maximum Gasteiger partial charge on any atom is 0.119 e. The summed E-state index contributed by atoms with van der Waals surface area (Å²) in [5.41, 5.74) is 1.26. The Bertz CT molecular complexity index is 339. The van der Waals surface area contributed by atoms with E-state index in [2.05, 4.69) is 48.1 Å². The summed E-state index contributed by atoms with van der Waals surface area (Å²) in [5, 5.41) is 3.50. The third-order valence-electron chi connectivity index (χ3n) is 2.63. The summed E-state index contributed by atoms with van der Waals surface area (Å²) in [7, 11) is 1.70. The average Bonchev–Trinajstić information content (AvgIpc) is 2.27. The molecular formula is C13H20BrNO. The molecule has 0 saturated carbocycles. The molecule has 1 aromatic carbocycles. The van der Waals surface area contributed by atoms with Crippen molar-refractivity contribution in [2.24, 2.45) is 5.92 Å². The van der Waals surface area contributed by atoms with E-state index >= 15 is 0 Å². The van der Waals surface area contributed by atoms with E-state index in [0.29, 0.717) is 12.0 Å². The molecule has 1 aromatic rings. The molecule has 16 heavy (non-hydrogen) atoms. The van der Waals surface area contributed by atoms with Crippen LogP contribution in [-0.4, -0.2) is 13.7 Å². The van der Waals surface area contributed by atoms with Gasteiger partial charge in [-0.25, -0.2) is 0 Å². The summed E-state index contributed by atoms with van der Waals surface area (Å²) in [6.45, 7) is 7.54. The number of nitrogens with one attached hydrogen (secondary N) is 1. The topological polar surface area (TPSA) is 21.3 Å². The number of methoxy groups -OCH3 is 1. The standard InChI is InChI=1S/C13H20BrNO/c1-5-15-13(9(2)3)11-8-10(16-4)6-7-12(11)14/h6-9,13,15H,5H2,1-4H3. The number of benzene rings is 1. The second kappa shape index (κ2) is 6.26. The highest BCUT2D eigenvalue weighted by Crippen LogP contribution is 2.31. The van der Waals surface area contributed by atoms with E-state index in [1.807, 2.05) is 12.1 Å². The van der Waals surface area contributed by atoms with Gasteiger partial charge >= 0.3 is 0 Å². The molecule has 0 aromatic heterocycles. The minimum atomic E-state index is 0.356. The molecule has 0 spiro atoms. The van der Waals surface area contributed by atoms with Crippen molar-refractivity contribution < 1.29 is 4.74 Å². The SMILES string of the molecule is CCNC(c1cc(OC)ccc1Br)C(C)C. The van der Waals surface area contributed by atoms with E-state index in [1.165, 1.54) is 5.56 Å². The number of rotatable bonds is 5. The zero-order valence-corrected chi connectivity index (χ0v) is 12.0. The largest absolute Gasteiger partial charge is 0.497 e. The van der Waals surface area contributed by atoms with Crippen LogP contribution in [-0.2, 0) is 0 Å². The quantitative estimate of drug-likeness (QED) is 0.889. The van der Waals surface area contributed by atoms with E-state index < -0.39 is 0 Å². The predicted molar refractivity (Wildman–Crippen MR) is 71.9 cm³/mol. The maximum absolute atomic E-state index is 5.27. The third kappa shape index (κ3) is 3.22. The second-order valence-electron chi connectivity index (χ2n) is 4.17. The molecule has 3 heteroatoms. The van der Waals surface area contributed by atoms with Crippen LogP contribution in [0.3, 0.4) is 0 Å². The summed E-state index contributed by atoms with van der Waals surface area (Å²) in [5.74, 6) is 1.45. The first-order chi connectivity index (χ1) is 7.60. The summed E-state index contributed by atoms with van der Waals surface area (Å²) in [4.78, 5) is 0. The van der Waals surface area contributed by atoms with Crippen LogP contribution in [0.15, 0.2) is 22.7 Å². The van der Waals surface area contributed by atoms with E-state index in [0.717, 1.165) is 16.8 Å². The fourth-order valence-electron chi connectivity index (χ4n) is 1.81. The molecule has 0 aliphatic heterocycles. The van der Waals surface area contributed by atoms with Gasteiger partial charge in [0.15, 0.2) is 0 Å². The molecule has 90 valence electrons. The molecule has 0 amide bonds. The van der Waals surface area contributed by atoms with Crippen LogP contribution in [0.2, 0.25) is 0 Å². The molecule has 0 saturated heterocycles. The van der Waals surface area contributed by atoms with Gasteiger partial charge in [-0.05, 0) is 36.2 Å². The minimum Gasteiger partial charge on any atom is -0.497 e. The van der Waals surface area contributed by atoms with Crippen LogP contribution in [0.1, 0.15) is 32.4 Å². The molecular weight excluding hydrogens is 266 g/mol. The average molecular weight is 286 g/mol. The molecule has 1 N–H and O–H groups in total. The first-order valence-corrected chi connectivity index (χ1v) is 6.46. The highest BCUT2D eigenvalue weighted by atomic mass is 79.9. The summed E-state index contributed by atoms with van der Waals surface area (Å²) in [6, 6.07) is 6.46. The summed E-state index contributed by atoms with van der Waals surface area (Å²) in [6.07, 6.45) is 0. The van der Waals surface area contributed by atoms with Crippen molar-refractivity contribution in [2.75, 3.05) is 13.7 Å². The summed E-state index contributed by atoms with van der Waals surface area (Å²) < 4.78 is 6.40. The highest BCUT2D eigenvalue weighted by Gasteiger charge is 2.17. The van der Waals surface area contributed by atoms with Crippen molar-refractivity contribution >= 4 is 15.9 Å². The molecule has 1 atom stereocenters. The van der Waals surface area contributed by atoms with Crippen molar-refractivity contribution in [3.8, 4) is 5.75 Å². The Balaban J connectivity index is 3.06. The van der Waals surface area contributed by atoms with E-state index in [1.54, 1.807) is 7.11 Å². The lowest BCUT2D eigenvalue weighted by molar-refractivity contribution is 0.402. The van der Waals surface area contributed by atoms with Gasteiger partial charge in [0.1, 0.15) is 5.75 Å². The predicted octanol–water partition coefficient (Wildman–Crippen LogP) is 3.76. The van der Waals surface area contributed by atoms with Crippen molar-refractivity contribution in [3.63, 3.8) is 0 Å². The van der Waals surface area contributed by atoms with Crippen LogP contribution in [0.4, 0.5) is 0 Å². The van der Waals surface area contributed by atoms with Crippen LogP contribution >= 0.6 is 15.9 Å². The summed E-state index contributed by atoms with van der Waals surface area (Å²) >= 11 is 3.60. The van der Waals surface area contributed by atoms with Gasteiger partial charge in [-0.1, -0.05) is 36.7 Å². The first-order valence-electron chi connectivity index (χ1n) is 5.67. The van der Waals surface area contributed by atoms with Gasteiger partial charge < -0.3 is 10.1 Å². The Hall–Kier alpha value is -0.540. The Morgan fingerprint density at radius 2 is 2.06 bits per heavy atom. The van der Waals surface area contributed by atoms with E-state index in [4.69, 9.17) is 4.74 Å². The fourth-order valence-corrected chi connectivity index (χ4v) is 2.31. The molecule has 0 aliphatic carbocycles.